The van der Waals surface area contributed by atoms with Crippen LogP contribution < -0.4 is 10.2 Å². The molecule has 20 heavy (non-hydrogen) atoms. The van der Waals surface area contributed by atoms with Gasteiger partial charge in [-0.2, -0.15) is 0 Å². The van der Waals surface area contributed by atoms with E-state index >= 15 is 0 Å². The Hall–Kier alpha value is -2.07. The normalized spacial score (nSPS) is 15.0. The summed E-state index contributed by atoms with van der Waals surface area (Å²) in [5, 5.41) is 3.39. The van der Waals surface area contributed by atoms with Crippen LogP contribution in [0.5, 0.6) is 0 Å². The van der Waals surface area contributed by atoms with Crippen molar-refractivity contribution in [1.29, 1.82) is 0 Å². The van der Waals surface area contributed by atoms with E-state index in [2.05, 4.69) is 28.5 Å². The summed E-state index contributed by atoms with van der Waals surface area (Å²) in [4.78, 5) is 16.7. The lowest BCUT2D eigenvalue weighted by molar-refractivity contribution is -0.117. The Morgan fingerprint density at radius 2 is 2.00 bits per heavy atom. The number of carbonyl (C=O) groups is 1. The molecule has 0 unspecified atom stereocenters. The summed E-state index contributed by atoms with van der Waals surface area (Å²) < 4.78 is 0. The number of aromatic nitrogens is 1. The molecule has 0 bridgehead atoms. The van der Waals surface area contributed by atoms with Crippen LogP contribution in [0.2, 0.25) is 0 Å². The van der Waals surface area contributed by atoms with Crippen molar-refractivity contribution in [2.24, 2.45) is 0 Å². The molecule has 1 saturated heterocycles. The summed E-state index contributed by atoms with van der Waals surface area (Å²) >= 11 is 0. The average molecular weight is 269 g/mol. The third-order valence-electron chi connectivity index (χ3n) is 3.63. The van der Waals surface area contributed by atoms with Crippen molar-refractivity contribution in [3.8, 4) is 0 Å². The zero-order valence-electron chi connectivity index (χ0n) is 11.4. The van der Waals surface area contributed by atoms with Gasteiger partial charge in [-0.3, -0.25) is 4.79 Å². The number of amides is 1. The monoisotopic (exact) mass is 269 g/mol. The smallest absolute Gasteiger partial charge is 0.227 e. The van der Waals surface area contributed by atoms with Crippen molar-refractivity contribution >= 4 is 11.6 Å². The first-order valence-corrected chi connectivity index (χ1v) is 7.05. The van der Waals surface area contributed by atoms with Gasteiger partial charge in [0.1, 0.15) is 0 Å². The highest BCUT2D eigenvalue weighted by molar-refractivity contribution is 5.95. The molecule has 1 aliphatic heterocycles. The molecule has 1 aromatic carbocycles. The zero-order valence-corrected chi connectivity index (χ0v) is 11.4. The topological polar surface area (TPSA) is 48.1 Å². The number of carbonyl (C=O) groups excluding carboxylic acids is 1. The van der Waals surface area contributed by atoms with Crippen molar-refractivity contribution < 1.29 is 4.79 Å². The van der Waals surface area contributed by atoms with Gasteiger partial charge in [-0.15, -0.1) is 0 Å². The molecule has 0 radical (unpaired) electrons. The van der Waals surface area contributed by atoms with Crippen molar-refractivity contribution in [3.63, 3.8) is 0 Å². The Morgan fingerprint density at radius 3 is 2.65 bits per heavy atom. The minimum Gasteiger partial charge on any atom is -0.364 e. The van der Waals surface area contributed by atoms with Gasteiger partial charge in [0.15, 0.2) is 0 Å². The first-order valence-electron chi connectivity index (χ1n) is 7.05. The van der Waals surface area contributed by atoms with Gasteiger partial charge in [0, 0.05) is 43.6 Å². The molecule has 104 valence electrons. The highest BCUT2D eigenvalue weighted by Crippen LogP contribution is 2.21. The lowest BCUT2D eigenvalue weighted by Crippen LogP contribution is -2.23. The lowest BCUT2D eigenvalue weighted by atomic mass is 10.2. The molecule has 1 amide bonds. The zero-order chi connectivity index (χ0) is 13.8. The molecule has 0 saturated carbocycles. The third kappa shape index (κ3) is 2.91. The number of rotatable bonds is 5. The van der Waals surface area contributed by atoms with Crippen LogP contribution in [0.25, 0.3) is 0 Å². The Morgan fingerprint density at radius 1 is 1.15 bits per heavy atom. The number of hydrogen-bond acceptors (Lipinski definition) is 2. The van der Waals surface area contributed by atoms with Crippen LogP contribution in [-0.4, -0.2) is 17.4 Å². The van der Waals surface area contributed by atoms with Crippen LogP contribution >= 0.6 is 0 Å². The molecule has 2 heterocycles. The van der Waals surface area contributed by atoms with Gasteiger partial charge in [-0.05, 0) is 36.2 Å². The largest absolute Gasteiger partial charge is 0.364 e. The van der Waals surface area contributed by atoms with E-state index in [1.807, 2.05) is 29.3 Å². The van der Waals surface area contributed by atoms with E-state index < -0.39 is 0 Å². The molecule has 4 heteroatoms. The molecule has 4 nitrogen and oxygen atoms in total. The molecule has 1 aromatic heterocycles. The maximum atomic E-state index is 11.7. The Labute approximate surface area is 118 Å². The fraction of sp³-hybridized carbons (Fsp3) is 0.312. The van der Waals surface area contributed by atoms with Gasteiger partial charge in [-0.25, -0.2) is 0 Å². The summed E-state index contributed by atoms with van der Waals surface area (Å²) in [7, 11) is 0. The predicted molar refractivity (Wildman–Crippen MR) is 79.4 cm³/mol. The molecule has 3 rings (SSSR count). The molecule has 0 spiro atoms. The highest BCUT2D eigenvalue weighted by Gasteiger charge is 2.21. The molecular weight excluding hydrogens is 250 g/mol. The van der Waals surface area contributed by atoms with E-state index in [4.69, 9.17) is 0 Å². The minimum absolute atomic E-state index is 0.239. The SMILES string of the molecule is O=C1CCCN1c1ccc(CNCc2ccc[nH]2)cc1. The number of aromatic amines is 1. The van der Waals surface area contributed by atoms with Gasteiger partial charge in [-0.1, -0.05) is 12.1 Å². The van der Waals surface area contributed by atoms with Gasteiger partial charge >= 0.3 is 0 Å². The maximum Gasteiger partial charge on any atom is 0.227 e. The number of benzene rings is 1. The lowest BCUT2D eigenvalue weighted by Gasteiger charge is -2.16. The standard InChI is InChI=1S/C16H19N3O/c20-16-4-2-10-19(16)15-7-5-13(6-8-15)11-17-12-14-3-1-9-18-14/h1,3,5-9,17-18H,2,4,10-12H2. The molecule has 2 aromatic rings. The van der Waals surface area contributed by atoms with Crippen molar-refractivity contribution in [3.05, 3.63) is 53.9 Å². The van der Waals surface area contributed by atoms with Gasteiger partial charge in [0.2, 0.25) is 5.91 Å². The molecule has 0 atom stereocenters. The molecule has 0 aliphatic carbocycles. The number of nitrogens with zero attached hydrogens (tertiary/aromatic N) is 1. The van der Waals surface area contributed by atoms with Crippen LogP contribution in [0.4, 0.5) is 5.69 Å². The van der Waals surface area contributed by atoms with Gasteiger partial charge in [0.25, 0.3) is 0 Å². The predicted octanol–water partition coefficient (Wildman–Crippen LogP) is 2.43. The summed E-state index contributed by atoms with van der Waals surface area (Å²) in [5.74, 6) is 0.239. The van der Waals surface area contributed by atoms with E-state index in [9.17, 15) is 4.79 Å². The van der Waals surface area contributed by atoms with E-state index in [0.29, 0.717) is 6.42 Å². The summed E-state index contributed by atoms with van der Waals surface area (Å²) in [6.45, 7) is 2.51. The van der Waals surface area contributed by atoms with Crippen molar-refractivity contribution in [1.82, 2.24) is 10.3 Å². The number of anilines is 1. The Bertz CT molecular complexity index is 560. The van der Waals surface area contributed by atoms with Gasteiger partial charge in [0.05, 0.1) is 0 Å². The Kier molecular flexibility index (Phi) is 3.83. The van der Waals surface area contributed by atoms with Crippen LogP contribution in [-0.2, 0) is 17.9 Å². The molecule has 1 aliphatic rings. The van der Waals surface area contributed by atoms with E-state index in [-0.39, 0.29) is 5.91 Å². The van der Waals surface area contributed by atoms with E-state index in [1.165, 1.54) is 11.3 Å². The number of hydrogen-bond donors (Lipinski definition) is 2. The second-order valence-corrected chi connectivity index (χ2v) is 5.11. The fourth-order valence-electron chi connectivity index (χ4n) is 2.53. The minimum atomic E-state index is 0.239. The van der Waals surface area contributed by atoms with E-state index in [1.54, 1.807) is 0 Å². The van der Waals surface area contributed by atoms with Crippen LogP contribution in [0, 0.1) is 0 Å². The van der Waals surface area contributed by atoms with Crippen molar-refractivity contribution in [2.45, 2.75) is 25.9 Å². The molecule has 1 fully saturated rings. The third-order valence-corrected chi connectivity index (χ3v) is 3.63. The molecule has 2 N–H and O–H groups in total. The van der Waals surface area contributed by atoms with Gasteiger partial charge < -0.3 is 15.2 Å². The first kappa shape index (κ1) is 12.9. The van der Waals surface area contributed by atoms with E-state index in [0.717, 1.165) is 31.7 Å². The quantitative estimate of drug-likeness (QED) is 0.876. The highest BCUT2D eigenvalue weighted by atomic mass is 16.2. The maximum absolute atomic E-state index is 11.7. The first-order chi connectivity index (χ1) is 9.83. The summed E-state index contributed by atoms with van der Waals surface area (Å²) in [6.07, 6.45) is 3.58. The van der Waals surface area contributed by atoms with Crippen LogP contribution in [0.1, 0.15) is 24.1 Å². The number of nitrogens with one attached hydrogen (secondary N) is 2. The average Bonchev–Trinajstić information content (AvgIpc) is 3.11. The van der Waals surface area contributed by atoms with Crippen LogP contribution in [0.15, 0.2) is 42.6 Å². The Balaban J connectivity index is 1.54. The second-order valence-electron chi connectivity index (χ2n) is 5.11. The molecular formula is C16H19N3O. The fourth-order valence-corrected chi connectivity index (χ4v) is 2.53. The summed E-state index contributed by atoms with van der Waals surface area (Å²) in [6, 6.07) is 12.3. The second kappa shape index (κ2) is 5.92. The number of H-pyrrole nitrogens is 1. The summed E-state index contributed by atoms with van der Waals surface area (Å²) in [5.41, 5.74) is 3.43. The van der Waals surface area contributed by atoms with Crippen molar-refractivity contribution in [2.75, 3.05) is 11.4 Å². The van der Waals surface area contributed by atoms with Crippen LogP contribution in [0.3, 0.4) is 0 Å².